The highest BCUT2D eigenvalue weighted by molar-refractivity contribution is 7.80. The Hall–Kier alpha value is -2.38. The number of hydrogen-bond acceptors (Lipinski definition) is 8. The highest BCUT2D eigenvalue weighted by Gasteiger charge is 2.27. The number of aliphatic carboxylic acids is 1. The van der Waals surface area contributed by atoms with Crippen LogP contribution in [0.3, 0.4) is 0 Å². The number of carboxylic acids is 1. The molecule has 3 unspecified atom stereocenters. The number of nitrogens with two attached hydrogens (primary N) is 3. The molecule has 10 N–H and O–H groups in total. The summed E-state index contributed by atoms with van der Waals surface area (Å²) in [6.45, 7) is -0.207. The van der Waals surface area contributed by atoms with Gasteiger partial charge in [-0.2, -0.15) is 12.6 Å². The molecule has 0 heterocycles. The van der Waals surface area contributed by atoms with Crippen LogP contribution in [0.1, 0.15) is 25.7 Å². The van der Waals surface area contributed by atoms with Crippen molar-refractivity contribution in [3.05, 3.63) is 0 Å². The van der Waals surface area contributed by atoms with Crippen molar-refractivity contribution in [1.82, 2.24) is 16.0 Å². The molecule has 0 aliphatic heterocycles. The second-order valence-corrected chi connectivity index (χ2v) is 6.34. The average molecular weight is 420 g/mol. The number of carbonyl (C=O) groups excluding carboxylic acids is 4. The van der Waals surface area contributed by atoms with Gasteiger partial charge < -0.3 is 38.3 Å². The molecule has 0 aliphatic rings. The molecule has 0 spiro atoms. The zero-order chi connectivity index (χ0) is 21.7. The first-order valence-corrected chi connectivity index (χ1v) is 9.20. The molecule has 3 atom stereocenters. The number of carbonyl (C=O) groups is 5. The van der Waals surface area contributed by atoms with Crippen LogP contribution in [0.25, 0.3) is 0 Å². The van der Waals surface area contributed by atoms with Gasteiger partial charge in [0.2, 0.25) is 23.6 Å². The van der Waals surface area contributed by atoms with Gasteiger partial charge in [0.05, 0.1) is 12.5 Å². The average Bonchev–Trinajstić information content (AvgIpc) is 2.62. The summed E-state index contributed by atoms with van der Waals surface area (Å²) in [5.74, 6) is -4.27. The second kappa shape index (κ2) is 13.7. The second-order valence-electron chi connectivity index (χ2n) is 5.98. The van der Waals surface area contributed by atoms with Gasteiger partial charge in [0, 0.05) is 5.75 Å². The molecule has 4 amide bonds. The minimum absolute atomic E-state index is 0.104. The number of amides is 4. The van der Waals surface area contributed by atoms with Gasteiger partial charge >= 0.3 is 5.97 Å². The minimum Gasteiger partial charge on any atom is -0.480 e. The molecule has 0 aromatic rings. The summed E-state index contributed by atoms with van der Waals surface area (Å²) in [6.07, 6.45) is 0.950. The van der Waals surface area contributed by atoms with Crippen LogP contribution in [0.4, 0.5) is 0 Å². The lowest BCUT2D eigenvalue weighted by Gasteiger charge is -2.23. The predicted molar refractivity (Wildman–Crippen MR) is 103 cm³/mol. The van der Waals surface area contributed by atoms with Crippen molar-refractivity contribution >= 4 is 42.2 Å². The van der Waals surface area contributed by atoms with Gasteiger partial charge in [0.25, 0.3) is 0 Å². The van der Waals surface area contributed by atoms with Crippen LogP contribution < -0.4 is 33.2 Å². The predicted octanol–water partition coefficient (Wildman–Crippen LogP) is -3.58. The monoisotopic (exact) mass is 420 g/mol. The fraction of sp³-hybridized carbons (Fsp3) is 0.667. The highest BCUT2D eigenvalue weighted by atomic mass is 32.1. The van der Waals surface area contributed by atoms with E-state index in [1.54, 1.807) is 0 Å². The summed E-state index contributed by atoms with van der Waals surface area (Å²) in [5, 5.41) is 15.6. The quantitative estimate of drug-likeness (QED) is 0.103. The maximum atomic E-state index is 12.4. The first-order valence-electron chi connectivity index (χ1n) is 8.57. The van der Waals surface area contributed by atoms with Crippen molar-refractivity contribution in [3.8, 4) is 0 Å². The fourth-order valence-corrected chi connectivity index (χ4v) is 2.36. The number of carboxylic acid groups (broad SMARTS) is 1. The molecule has 0 aromatic carbocycles. The Labute approximate surface area is 167 Å². The molecular formula is C15H28N6O6S. The van der Waals surface area contributed by atoms with Gasteiger partial charge in [-0.3, -0.25) is 24.0 Å². The molecule has 0 saturated heterocycles. The topological polar surface area (TPSA) is 220 Å². The number of nitrogens with one attached hydrogen (secondary N) is 3. The maximum absolute atomic E-state index is 12.4. The van der Waals surface area contributed by atoms with Crippen LogP contribution in [0.5, 0.6) is 0 Å². The summed E-state index contributed by atoms with van der Waals surface area (Å²) < 4.78 is 0. The van der Waals surface area contributed by atoms with Gasteiger partial charge in [0.15, 0.2) is 0 Å². The Morgan fingerprint density at radius 3 is 2.07 bits per heavy atom. The van der Waals surface area contributed by atoms with Crippen LogP contribution in [-0.2, 0) is 24.0 Å². The minimum atomic E-state index is -1.23. The summed E-state index contributed by atoms with van der Waals surface area (Å²) in [7, 11) is 0. The highest BCUT2D eigenvalue weighted by Crippen LogP contribution is 2.03. The SMILES string of the molecule is NCCCCC(NC(=O)C(CS)NC(=O)C(N)CC(N)=O)C(=O)NCC(=O)O. The van der Waals surface area contributed by atoms with Crippen molar-refractivity contribution in [3.63, 3.8) is 0 Å². The molecule has 0 fully saturated rings. The Balaban J connectivity index is 4.96. The van der Waals surface area contributed by atoms with Gasteiger partial charge in [-0.05, 0) is 25.8 Å². The van der Waals surface area contributed by atoms with Crippen LogP contribution in [0, 0.1) is 0 Å². The molecule has 0 bridgehead atoms. The fourth-order valence-electron chi connectivity index (χ4n) is 2.10. The van der Waals surface area contributed by atoms with Crippen molar-refractivity contribution in [2.45, 2.75) is 43.8 Å². The van der Waals surface area contributed by atoms with E-state index in [1.165, 1.54) is 0 Å². The molecule has 0 aliphatic carbocycles. The van der Waals surface area contributed by atoms with E-state index >= 15 is 0 Å². The third-order valence-electron chi connectivity index (χ3n) is 3.57. The van der Waals surface area contributed by atoms with E-state index in [0.29, 0.717) is 19.4 Å². The normalized spacial score (nSPS) is 13.7. The lowest BCUT2D eigenvalue weighted by molar-refractivity contribution is -0.138. The Kier molecular flexibility index (Phi) is 12.6. The summed E-state index contributed by atoms with van der Waals surface area (Å²) in [5.41, 5.74) is 15.9. The third kappa shape index (κ3) is 10.7. The molecule has 160 valence electrons. The first kappa shape index (κ1) is 25.6. The summed E-state index contributed by atoms with van der Waals surface area (Å²) >= 11 is 3.99. The third-order valence-corrected chi connectivity index (χ3v) is 3.93. The van der Waals surface area contributed by atoms with E-state index in [9.17, 15) is 24.0 Å². The number of primary amides is 1. The Morgan fingerprint density at radius 1 is 0.964 bits per heavy atom. The maximum Gasteiger partial charge on any atom is 0.322 e. The van der Waals surface area contributed by atoms with Crippen LogP contribution in [0.2, 0.25) is 0 Å². The Bertz CT molecular complexity index is 575. The molecule has 12 nitrogen and oxygen atoms in total. The number of thiol groups is 1. The van der Waals surface area contributed by atoms with Crippen molar-refractivity contribution < 1.29 is 29.1 Å². The van der Waals surface area contributed by atoms with Gasteiger partial charge in [0.1, 0.15) is 18.6 Å². The zero-order valence-corrected chi connectivity index (χ0v) is 16.2. The smallest absolute Gasteiger partial charge is 0.322 e. The van der Waals surface area contributed by atoms with E-state index < -0.39 is 60.7 Å². The van der Waals surface area contributed by atoms with E-state index in [1.807, 2.05) is 0 Å². The van der Waals surface area contributed by atoms with Crippen LogP contribution >= 0.6 is 12.6 Å². The molecular weight excluding hydrogens is 392 g/mol. The molecule has 0 saturated carbocycles. The number of unbranched alkanes of at least 4 members (excludes halogenated alkanes) is 1. The van der Waals surface area contributed by atoms with Gasteiger partial charge in [-0.25, -0.2) is 0 Å². The van der Waals surface area contributed by atoms with E-state index in [4.69, 9.17) is 22.3 Å². The Morgan fingerprint density at radius 2 is 1.57 bits per heavy atom. The summed E-state index contributed by atoms with van der Waals surface area (Å²) in [4.78, 5) is 57.9. The largest absolute Gasteiger partial charge is 0.480 e. The lowest BCUT2D eigenvalue weighted by Crippen LogP contribution is -2.57. The molecule has 0 aromatic heterocycles. The molecule has 0 radical (unpaired) electrons. The van der Waals surface area contributed by atoms with Gasteiger partial charge in [-0.15, -0.1) is 0 Å². The van der Waals surface area contributed by atoms with Crippen molar-refractivity contribution in [2.24, 2.45) is 17.2 Å². The standard InChI is InChI=1S/C15H28N6O6S/c16-4-2-1-3-9(14(26)19-6-12(23)24)20-15(27)10(7-28)21-13(25)8(17)5-11(18)22/h8-10,28H,1-7,16-17H2,(H2,18,22)(H,19,26)(H,20,27)(H,21,25)(H,23,24). The summed E-state index contributed by atoms with van der Waals surface area (Å²) in [6, 6.07) is -3.37. The molecule has 0 rings (SSSR count). The van der Waals surface area contributed by atoms with E-state index in [0.717, 1.165) is 0 Å². The van der Waals surface area contributed by atoms with E-state index in [2.05, 4.69) is 28.6 Å². The number of hydrogen-bond donors (Lipinski definition) is 8. The number of rotatable bonds is 14. The first-order chi connectivity index (χ1) is 13.1. The molecule has 28 heavy (non-hydrogen) atoms. The molecule has 13 heteroatoms. The van der Waals surface area contributed by atoms with Crippen LogP contribution in [-0.4, -0.2) is 71.7 Å². The van der Waals surface area contributed by atoms with Gasteiger partial charge in [-0.1, -0.05) is 0 Å². The van der Waals surface area contributed by atoms with E-state index in [-0.39, 0.29) is 12.2 Å². The zero-order valence-electron chi connectivity index (χ0n) is 15.3. The van der Waals surface area contributed by atoms with Crippen molar-refractivity contribution in [1.29, 1.82) is 0 Å². The lowest BCUT2D eigenvalue weighted by atomic mass is 10.1. The van der Waals surface area contributed by atoms with Crippen LogP contribution in [0.15, 0.2) is 0 Å². The van der Waals surface area contributed by atoms with Crippen molar-refractivity contribution in [2.75, 3.05) is 18.8 Å².